The van der Waals surface area contributed by atoms with Crippen LogP contribution in [-0.4, -0.2) is 22.4 Å². The van der Waals surface area contributed by atoms with Crippen molar-refractivity contribution in [3.8, 4) is 12.0 Å². The highest BCUT2D eigenvalue weighted by Crippen LogP contribution is 2.26. The van der Waals surface area contributed by atoms with Gasteiger partial charge in [-0.1, -0.05) is 0 Å². The van der Waals surface area contributed by atoms with Gasteiger partial charge in [-0.25, -0.2) is 0 Å². The van der Waals surface area contributed by atoms with Crippen LogP contribution < -0.4 is 0 Å². The highest BCUT2D eigenvalue weighted by molar-refractivity contribution is 7.07. The number of carbonyl (C=O) groups excluding carboxylic acids is 1. The van der Waals surface area contributed by atoms with Gasteiger partial charge in [0.05, 0.1) is 0 Å². The van der Waals surface area contributed by atoms with Crippen molar-refractivity contribution in [1.82, 2.24) is 9.47 Å². The second kappa shape index (κ2) is 6.15. The van der Waals surface area contributed by atoms with Crippen LogP contribution in [0, 0.1) is 18.3 Å². The predicted molar refractivity (Wildman–Crippen MR) is 87.6 cm³/mol. The minimum atomic E-state index is -0.215. The number of amides is 1. The third-order valence-electron chi connectivity index (χ3n) is 3.58. The van der Waals surface area contributed by atoms with Crippen LogP contribution in [0.1, 0.15) is 27.2 Å². The number of furan rings is 1. The van der Waals surface area contributed by atoms with Gasteiger partial charge in [0.15, 0.2) is 0 Å². The maximum Gasteiger partial charge on any atom is 0.258 e. The Balaban J connectivity index is 1.96. The summed E-state index contributed by atoms with van der Waals surface area (Å²) in [6.45, 7) is 2.20. The quantitative estimate of drug-likeness (QED) is 0.736. The van der Waals surface area contributed by atoms with Crippen LogP contribution in [0.25, 0.3) is 5.88 Å². The minimum absolute atomic E-state index is 0.215. The van der Waals surface area contributed by atoms with Crippen molar-refractivity contribution in [2.24, 2.45) is 0 Å². The molecule has 116 valence electrons. The highest BCUT2D eigenvalue weighted by atomic mass is 32.1. The molecule has 0 aliphatic rings. The number of nitriles is 1. The molecule has 3 rings (SSSR count). The first kappa shape index (κ1) is 15.1. The van der Waals surface area contributed by atoms with Crippen molar-refractivity contribution in [3.63, 3.8) is 0 Å². The molecule has 0 aromatic carbocycles. The first-order valence-electron chi connectivity index (χ1n) is 7.05. The van der Waals surface area contributed by atoms with Gasteiger partial charge in [-0.15, -0.1) is 0 Å². The van der Waals surface area contributed by atoms with Gasteiger partial charge in [-0.3, -0.25) is 9.36 Å². The van der Waals surface area contributed by atoms with Crippen LogP contribution >= 0.6 is 11.3 Å². The molecule has 3 heterocycles. The van der Waals surface area contributed by atoms with Gasteiger partial charge in [0.25, 0.3) is 5.91 Å². The molecular weight excluding hydrogens is 310 g/mol. The Bertz CT molecular complexity index is 855. The van der Waals surface area contributed by atoms with E-state index in [1.54, 1.807) is 47.2 Å². The van der Waals surface area contributed by atoms with Crippen molar-refractivity contribution in [1.29, 1.82) is 5.26 Å². The summed E-state index contributed by atoms with van der Waals surface area (Å²) in [5, 5.41) is 13.5. The Labute approximate surface area is 138 Å². The normalized spacial score (nSPS) is 10.5. The van der Waals surface area contributed by atoms with Gasteiger partial charge in [-0.05, 0) is 41.4 Å². The molecule has 0 N–H and O–H groups in total. The number of carbonyl (C=O) groups is 1. The molecule has 0 aliphatic carbocycles. The fourth-order valence-corrected chi connectivity index (χ4v) is 3.12. The van der Waals surface area contributed by atoms with Gasteiger partial charge in [0, 0.05) is 26.0 Å². The van der Waals surface area contributed by atoms with E-state index in [0.717, 1.165) is 5.56 Å². The summed E-state index contributed by atoms with van der Waals surface area (Å²) in [4.78, 5) is 14.4. The third-order valence-corrected chi connectivity index (χ3v) is 4.31. The molecule has 0 saturated carbocycles. The number of nitrogens with zero attached hydrogens (tertiary/aromatic N) is 3. The largest absolute Gasteiger partial charge is 0.443 e. The molecule has 6 heteroatoms. The zero-order valence-electron chi connectivity index (χ0n) is 12.8. The average Bonchev–Trinajstić information content (AvgIpc) is 3.26. The van der Waals surface area contributed by atoms with Crippen molar-refractivity contribution in [2.45, 2.75) is 13.5 Å². The molecule has 0 spiro atoms. The van der Waals surface area contributed by atoms with Crippen LogP contribution in [0.4, 0.5) is 0 Å². The Morgan fingerprint density at radius 1 is 1.43 bits per heavy atom. The second-order valence-corrected chi connectivity index (χ2v) is 5.99. The topological polar surface area (TPSA) is 62.2 Å². The fraction of sp³-hybridized carbons (Fsp3) is 0.176. The van der Waals surface area contributed by atoms with Gasteiger partial charge in [0.2, 0.25) is 5.88 Å². The maximum absolute atomic E-state index is 12.8. The standard InChI is InChI=1S/C17H15N3O2S/c1-12-15(16(21)19(2)10-13-5-8-23-11-13)14(9-18)17(22-12)20-6-3-4-7-20/h3-8,11H,10H2,1-2H3. The summed E-state index contributed by atoms with van der Waals surface area (Å²) < 4.78 is 7.38. The molecule has 0 fully saturated rings. The number of aromatic nitrogens is 1. The molecule has 23 heavy (non-hydrogen) atoms. The van der Waals surface area contributed by atoms with E-state index in [-0.39, 0.29) is 11.5 Å². The summed E-state index contributed by atoms with van der Waals surface area (Å²) in [6.07, 6.45) is 3.56. The summed E-state index contributed by atoms with van der Waals surface area (Å²) in [5.74, 6) is 0.613. The molecule has 0 radical (unpaired) electrons. The molecule has 0 atom stereocenters. The maximum atomic E-state index is 12.8. The van der Waals surface area contributed by atoms with Crippen LogP contribution in [0.3, 0.4) is 0 Å². The first-order chi connectivity index (χ1) is 11.1. The van der Waals surface area contributed by atoms with Crippen LogP contribution in [-0.2, 0) is 6.54 Å². The minimum Gasteiger partial charge on any atom is -0.443 e. The lowest BCUT2D eigenvalue weighted by atomic mass is 10.1. The van der Waals surface area contributed by atoms with E-state index in [2.05, 4.69) is 6.07 Å². The van der Waals surface area contributed by atoms with E-state index in [1.807, 2.05) is 29.0 Å². The van der Waals surface area contributed by atoms with E-state index in [0.29, 0.717) is 23.8 Å². The van der Waals surface area contributed by atoms with E-state index in [9.17, 15) is 10.1 Å². The summed E-state index contributed by atoms with van der Waals surface area (Å²) in [5.41, 5.74) is 1.66. The van der Waals surface area contributed by atoms with Crippen LogP contribution in [0.15, 0.2) is 45.8 Å². The zero-order chi connectivity index (χ0) is 16.4. The monoisotopic (exact) mass is 325 g/mol. The summed E-state index contributed by atoms with van der Waals surface area (Å²) >= 11 is 1.59. The molecule has 3 aromatic heterocycles. The van der Waals surface area contributed by atoms with Gasteiger partial charge in [0.1, 0.15) is 23.0 Å². The number of aryl methyl sites for hydroxylation is 1. The molecule has 0 unspecified atom stereocenters. The van der Waals surface area contributed by atoms with Gasteiger partial charge >= 0.3 is 0 Å². The van der Waals surface area contributed by atoms with Crippen LogP contribution in [0.5, 0.6) is 0 Å². The molecule has 0 bridgehead atoms. The predicted octanol–water partition coefficient (Wildman–Crippen LogP) is 3.58. The lowest BCUT2D eigenvalue weighted by Gasteiger charge is -2.16. The number of thiophene rings is 1. The van der Waals surface area contributed by atoms with Crippen LogP contribution in [0.2, 0.25) is 0 Å². The van der Waals surface area contributed by atoms with E-state index < -0.39 is 0 Å². The van der Waals surface area contributed by atoms with Crippen molar-refractivity contribution < 1.29 is 9.21 Å². The molecule has 3 aromatic rings. The summed E-state index contributed by atoms with van der Waals surface area (Å²) in [7, 11) is 1.73. The number of hydrogen-bond acceptors (Lipinski definition) is 4. The van der Waals surface area contributed by atoms with Gasteiger partial charge < -0.3 is 9.32 Å². The van der Waals surface area contributed by atoms with Crippen molar-refractivity contribution in [2.75, 3.05) is 7.05 Å². The molecular formula is C17H15N3O2S. The third kappa shape index (κ3) is 2.79. The van der Waals surface area contributed by atoms with Gasteiger partial charge in [-0.2, -0.15) is 16.6 Å². The first-order valence-corrected chi connectivity index (χ1v) is 7.99. The highest BCUT2D eigenvalue weighted by Gasteiger charge is 2.26. The Morgan fingerprint density at radius 2 is 2.17 bits per heavy atom. The number of hydrogen-bond donors (Lipinski definition) is 0. The Kier molecular flexibility index (Phi) is 4.04. The zero-order valence-corrected chi connectivity index (χ0v) is 13.6. The molecule has 1 amide bonds. The molecule has 0 saturated heterocycles. The van der Waals surface area contributed by atoms with E-state index in [1.165, 1.54) is 0 Å². The average molecular weight is 325 g/mol. The molecule has 0 aliphatic heterocycles. The van der Waals surface area contributed by atoms with Crippen molar-refractivity contribution >= 4 is 17.2 Å². The lowest BCUT2D eigenvalue weighted by Crippen LogP contribution is -2.26. The Morgan fingerprint density at radius 3 is 2.78 bits per heavy atom. The van der Waals surface area contributed by atoms with E-state index >= 15 is 0 Å². The van der Waals surface area contributed by atoms with E-state index in [4.69, 9.17) is 4.42 Å². The second-order valence-electron chi connectivity index (χ2n) is 5.21. The van der Waals surface area contributed by atoms with Crippen molar-refractivity contribution in [3.05, 3.63) is 63.8 Å². The lowest BCUT2D eigenvalue weighted by molar-refractivity contribution is 0.0783. The summed E-state index contributed by atoms with van der Waals surface area (Å²) in [6, 6.07) is 7.76. The SMILES string of the molecule is Cc1oc(-n2cccc2)c(C#N)c1C(=O)N(C)Cc1ccsc1. The number of rotatable bonds is 4. The molecule has 5 nitrogen and oxygen atoms in total. The Hall–Kier alpha value is -2.78. The fourth-order valence-electron chi connectivity index (χ4n) is 2.46. The smallest absolute Gasteiger partial charge is 0.258 e.